The zero-order chi connectivity index (χ0) is 12.5. The number of benzene rings is 2. The number of aryl methyl sites for hydroxylation is 1. The quantitative estimate of drug-likeness (QED) is 0.849. The number of fused-ring (bicyclic) bond motifs is 1. The molecule has 0 heterocycles. The SMILES string of the molecule is Fc1ccc2c(c1)CCC2Nc1ccccc1Br. The molecular weight excluding hydrogens is 293 g/mol. The van der Waals surface area contributed by atoms with E-state index in [0.717, 1.165) is 28.6 Å². The zero-order valence-electron chi connectivity index (χ0n) is 9.79. The topological polar surface area (TPSA) is 12.0 Å². The van der Waals surface area contributed by atoms with Crippen LogP contribution in [0.15, 0.2) is 46.9 Å². The Hall–Kier alpha value is -1.35. The van der Waals surface area contributed by atoms with Crippen molar-refractivity contribution in [1.29, 1.82) is 0 Å². The molecule has 0 radical (unpaired) electrons. The minimum Gasteiger partial charge on any atom is -0.377 e. The minimum absolute atomic E-state index is 0.143. The van der Waals surface area contributed by atoms with Crippen LogP contribution in [0.2, 0.25) is 0 Å². The van der Waals surface area contributed by atoms with E-state index in [1.807, 2.05) is 30.3 Å². The number of para-hydroxylation sites is 1. The fraction of sp³-hybridized carbons (Fsp3) is 0.200. The molecule has 3 heteroatoms. The molecule has 1 nitrogen and oxygen atoms in total. The summed E-state index contributed by atoms with van der Waals surface area (Å²) in [6.07, 6.45) is 1.95. The maximum absolute atomic E-state index is 13.2. The van der Waals surface area contributed by atoms with Crippen molar-refractivity contribution < 1.29 is 4.39 Å². The Labute approximate surface area is 114 Å². The third kappa shape index (κ3) is 2.15. The van der Waals surface area contributed by atoms with E-state index < -0.39 is 0 Å². The van der Waals surface area contributed by atoms with Gasteiger partial charge in [0.2, 0.25) is 0 Å². The first-order valence-electron chi connectivity index (χ1n) is 6.03. The molecule has 1 aliphatic carbocycles. The van der Waals surface area contributed by atoms with Gasteiger partial charge in [-0.3, -0.25) is 0 Å². The molecule has 18 heavy (non-hydrogen) atoms. The zero-order valence-corrected chi connectivity index (χ0v) is 11.4. The molecule has 1 N–H and O–H groups in total. The summed E-state index contributed by atoms with van der Waals surface area (Å²) in [5.41, 5.74) is 3.42. The third-order valence-corrected chi connectivity index (χ3v) is 4.08. The lowest BCUT2D eigenvalue weighted by Gasteiger charge is -2.16. The van der Waals surface area contributed by atoms with Crippen LogP contribution in [-0.2, 0) is 6.42 Å². The van der Waals surface area contributed by atoms with Crippen LogP contribution in [0.5, 0.6) is 0 Å². The van der Waals surface area contributed by atoms with E-state index >= 15 is 0 Å². The van der Waals surface area contributed by atoms with Crippen LogP contribution in [0.4, 0.5) is 10.1 Å². The molecule has 1 aliphatic rings. The Morgan fingerprint density at radius 2 is 2.00 bits per heavy atom. The van der Waals surface area contributed by atoms with Crippen LogP contribution in [-0.4, -0.2) is 0 Å². The molecule has 2 aromatic carbocycles. The van der Waals surface area contributed by atoms with Crippen LogP contribution < -0.4 is 5.32 Å². The van der Waals surface area contributed by atoms with Crippen molar-refractivity contribution in [3.05, 3.63) is 63.9 Å². The van der Waals surface area contributed by atoms with Gasteiger partial charge >= 0.3 is 0 Å². The number of hydrogen-bond acceptors (Lipinski definition) is 1. The van der Waals surface area contributed by atoms with E-state index in [2.05, 4.69) is 21.2 Å². The average molecular weight is 306 g/mol. The number of anilines is 1. The minimum atomic E-state index is -0.143. The first-order valence-corrected chi connectivity index (χ1v) is 6.83. The van der Waals surface area contributed by atoms with E-state index in [1.54, 1.807) is 12.1 Å². The maximum Gasteiger partial charge on any atom is 0.123 e. The standard InChI is InChI=1S/C15H13BrFN/c16-13-3-1-2-4-15(13)18-14-8-5-10-9-11(17)6-7-12(10)14/h1-4,6-7,9,14,18H,5,8H2. The second-order valence-electron chi connectivity index (χ2n) is 4.56. The molecule has 0 fully saturated rings. The van der Waals surface area contributed by atoms with Crippen molar-refractivity contribution >= 4 is 21.6 Å². The molecule has 3 rings (SSSR count). The summed E-state index contributed by atoms with van der Waals surface area (Å²) >= 11 is 3.53. The average Bonchev–Trinajstić information content (AvgIpc) is 2.74. The van der Waals surface area contributed by atoms with Gasteiger partial charge in [-0.2, -0.15) is 0 Å². The molecule has 0 amide bonds. The Morgan fingerprint density at radius 3 is 2.83 bits per heavy atom. The monoisotopic (exact) mass is 305 g/mol. The molecule has 92 valence electrons. The summed E-state index contributed by atoms with van der Waals surface area (Å²) < 4.78 is 14.2. The number of halogens is 2. The van der Waals surface area contributed by atoms with Crippen molar-refractivity contribution in [1.82, 2.24) is 0 Å². The largest absolute Gasteiger partial charge is 0.377 e. The lowest BCUT2D eigenvalue weighted by molar-refractivity contribution is 0.626. The van der Waals surface area contributed by atoms with E-state index in [0.29, 0.717) is 0 Å². The van der Waals surface area contributed by atoms with Crippen LogP contribution in [0.25, 0.3) is 0 Å². The van der Waals surface area contributed by atoms with Gasteiger partial charge in [0.05, 0.1) is 6.04 Å². The van der Waals surface area contributed by atoms with Gasteiger partial charge in [-0.05, 0) is 64.2 Å². The van der Waals surface area contributed by atoms with Crippen LogP contribution >= 0.6 is 15.9 Å². The van der Waals surface area contributed by atoms with E-state index in [1.165, 1.54) is 5.56 Å². The first-order chi connectivity index (χ1) is 8.74. The lowest BCUT2D eigenvalue weighted by atomic mass is 10.1. The highest BCUT2D eigenvalue weighted by molar-refractivity contribution is 9.10. The fourth-order valence-electron chi connectivity index (χ4n) is 2.50. The molecule has 0 bridgehead atoms. The van der Waals surface area contributed by atoms with Gasteiger partial charge in [-0.1, -0.05) is 18.2 Å². The molecule has 2 aromatic rings. The molecular formula is C15H13BrFN. The molecule has 0 saturated heterocycles. The highest BCUT2D eigenvalue weighted by atomic mass is 79.9. The lowest BCUT2D eigenvalue weighted by Crippen LogP contribution is -2.07. The van der Waals surface area contributed by atoms with Crippen LogP contribution in [0.1, 0.15) is 23.6 Å². The molecule has 0 aromatic heterocycles. The molecule has 0 aliphatic heterocycles. The van der Waals surface area contributed by atoms with E-state index in [9.17, 15) is 4.39 Å². The summed E-state index contributed by atoms with van der Waals surface area (Å²) in [4.78, 5) is 0. The molecule has 0 spiro atoms. The summed E-state index contributed by atoms with van der Waals surface area (Å²) in [7, 11) is 0. The molecule has 1 unspecified atom stereocenters. The van der Waals surface area contributed by atoms with E-state index in [4.69, 9.17) is 0 Å². The predicted octanol–water partition coefficient (Wildman–Crippen LogP) is 4.69. The second kappa shape index (κ2) is 4.73. The van der Waals surface area contributed by atoms with Crippen molar-refractivity contribution in [2.24, 2.45) is 0 Å². The van der Waals surface area contributed by atoms with Gasteiger partial charge < -0.3 is 5.32 Å². The van der Waals surface area contributed by atoms with Crippen molar-refractivity contribution in [3.8, 4) is 0 Å². The first kappa shape index (κ1) is 11.7. The van der Waals surface area contributed by atoms with Gasteiger partial charge in [-0.15, -0.1) is 0 Å². The number of hydrogen-bond donors (Lipinski definition) is 1. The summed E-state index contributed by atoms with van der Waals surface area (Å²) in [5, 5.41) is 3.52. The molecule has 1 atom stereocenters. The number of nitrogens with one attached hydrogen (secondary N) is 1. The summed E-state index contributed by atoms with van der Waals surface area (Å²) in [6.45, 7) is 0. The van der Waals surface area contributed by atoms with Crippen molar-refractivity contribution in [2.75, 3.05) is 5.32 Å². The fourth-order valence-corrected chi connectivity index (χ4v) is 2.90. The Balaban J connectivity index is 1.87. The normalized spacial score (nSPS) is 17.6. The Kier molecular flexibility index (Phi) is 3.08. The summed E-state index contributed by atoms with van der Waals surface area (Å²) in [5.74, 6) is -0.143. The van der Waals surface area contributed by atoms with Gasteiger partial charge in [-0.25, -0.2) is 4.39 Å². The predicted molar refractivity (Wildman–Crippen MR) is 75.2 cm³/mol. The maximum atomic E-state index is 13.2. The van der Waals surface area contributed by atoms with Gasteiger partial charge in [0.1, 0.15) is 5.82 Å². The van der Waals surface area contributed by atoms with Crippen LogP contribution in [0, 0.1) is 5.82 Å². The van der Waals surface area contributed by atoms with Crippen LogP contribution in [0.3, 0.4) is 0 Å². The summed E-state index contributed by atoms with van der Waals surface area (Å²) in [6, 6.07) is 13.4. The second-order valence-corrected chi connectivity index (χ2v) is 5.41. The van der Waals surface area contributed by atoms with Crippen molar-refractivity contribution in [2.45, 2.75) is 18.9 Å². The third-order valence-electron chi connectivity index (χ3n) is 3.39. The smallest absolute Gasteiger partial charge is 0.123 e. The van der Waals surface area contributed by atoms with E-state index in [-0.39, 0.29) is 11.9 Å². The highest BCUT2D eigenvalue weighted by Gasteiger charge is 2.22. The van der Waals surface area contributed by atoms with Crippen molar-refractivity contribution in [3.63, 3.8) is 0 Å². The highest BCUT2D eigenvalue weighted by Crippen LogP contribution is 2.35. The van der Waals surface area contributed by atoms with Gasteiger partial charge in [0.25, 0.3) is 0 Å². The molecule has 0 saturated carbocycles. The van der Waals surface area contributed by atoms with Gasteiger partial charge in [0, 0.05) is 10.2 Å². The number of rotatable bonds is 2. The Bertz CT molecular complexity index is 582. The Morgan fingerprint density at radius 1 is 1.17 bits per heavy atom. The van der Waals surface area contributed by atoms with Gasteiger partial charge in [0.15, 0.2) is 0 Å².